The second-order valence-corrected chi connectivity index (χ2v) is 8.17. The standard InChI is InChI=1S/C22H20ClF3N4O/c1-12-7-13(2)9-16(8-12)27-21(31)18-11-20-28-17(14-3-5-15(23)6-4-14)10-19(22(24,25)26)30(20)29-18/h3-9,11,17,19,28H,10H2,1-2H3,(H,27,31). The smallest absolute Gasteiger partial charge is 0.363 e. The first-order valence-corrected chi connectivity index (χ1v) is 10.1. The molecule has 9 heteroatoms. The van der Waals surface area contributed by atoms with Gasteiger partial charge in [0, 0.05) is 23.2 Å². The third-order valence-electron chi connectivity index (χ3n) is 5.17. The van der Waals surface area contributed by atoms with Crippen molar-refractivity contribution < 1.29 is 18.0 Å². The number of aromatic nitrogens is 2. The Bertz CT molecular complexity index is 1100. The second kappa shape index (κ2) is 7.92. The van der Waals surface area contributed by atoms with Crippen molar-refractivity contribution in [2.75, 3.05) is 10.6 Å². The third kappa shape index (κ3) is 4.54. The molecule has 1 aliphatic rings. The number of benzene rings is 2. The number of nitrogens with one attached hydrogen (secondary N) is 2. The predicted octanol–water partition coefficient (Wildman–Crippen LogP) is 6.07. The van der Waals surface area contributed by atoms with Gasteiger partial charge in [0.2, 0.25) is 0 Å². The van der Waals surface area contributed by atoms with Crippen LogP contribution in [0.4, 0.5) is 24.7 Å². The van der Waals surface area contributed by atoms with E-state index in [0.29, 0.717) is 16.3 Å². The molecule has 162 valence electrons. The molecule has 1 aromatic heterocycles. The first kappa shape index (κ1) is 21.2. The molecular formula is C22H20ClF3N4O. The van der Waals surface area contributed by atoms with Crippen molar-refractivity contribution in [1.29, 1.82) is 0 Å². The number of alkyl halides is 3. The summed E-state index contributed by atoms with van der Waals surface area (Å²) in [6, 6.07) is 11.1. The Morgan fingerprint density at radius 2 is 1.77 bits per heavy atom. The number of anilines is 2. The number of aryl methyl sites for hydroxylation is 2. The Morgan fingerprint density at radius 1 is 1.13 bits per heavy atom. The maximum atomic E-state index is 13.8. The zero-order chi connectivity index (χ0) is 22.3. The number of amides is 1. The maximum Gasteiger partial charge on any atom is 0.410 e. The number of hydrogen-bond donors (Lipinski definition) is 2. The fourth-order valence-electron chi connectivity index (χ4n) is 3.84. The Kier molecular flexibility index (Phi) is 5.43. The van der Waals surface area contributed by atoms with Crippen LogP contribution < -0.4 is 10.6 Å². The number of nitrogens with zero attached hydrogens (tertiary/aromatic N) is 2. The van der Waals surface area contributed by atoms with E-state index in [-0.39, 0.29) is 17.9 Å². The van der Waals surface area contributed by atoms with E-state index in [0.717, 1.165) is 15.8 Å². The summed E-state index contributed by atoms with van der Waals surface area (Å²) in [5, 5.41) is 10.3. The number of carbonyl (C=O) groups is 1. The van der Waals surface area contributed by atoms with Gasteiger partial charge in [0.05, 0.1) is 6.04 Å². The van der Waals surface area contributed by atoms with E-state index in [9.17, 15) is 18.0 Å². The summed E-state index contributed by atoms with van der Waals surface area (Å²) in [4.78, 5) is 12.7. The molecule has 2 aromatic carbocycles. The summed E-state index contributed by atoms with van der Waals surface area (Å²) in [6.07, 6.45) is -4.77. The molecule has 5 nitrogen and oxygen atoms in total. The minimum Gasteiger partial charge on any atom is -0.363 e. The molecule has 1 amide bonds. The van der Waals surface area contributed by atoms with Gasteiger partial charge in [0.1, 0.15) is 5.82 Å². The van der Waals surface area contributed by atoms with Crippen LogP contribution in [-0.2, 0) is 0 Å². The van der Waals surface area contributed by atoms with Crippen LogP contribution in [-0.4, -0.2) is 21.9 Å². The minimum absolute atomic E-state index is 0.0901. The van der Waals surface area contributed by atoms with Crippen LogP contribution in [0.1, 0.15) is 45.7 Å². The Balaban J connectivity index is 1.64. The number of rotatable bonds is 3. The van der Waals surface area contributed by atoms with Crippen LogP contribution in [0.25, 0.3) is 0 Å². The molecule has 2 atom stereocenters. The molecule has 2 unspecified atom stereocenters. The molecule has 4 rings (SSSR count). The normalized spacial score (nSPS) is 18.3. The Hall–Kier alpha value is -3.00. The van der Waals surface area contributed by atoms with Crippen LogP contribution in [0.2, 0.25) is 5.02 Å². The highest BCUT2D eigenvalue weighted by molar-refractivity contribution is 6.30. The van der Waals surface area contributed by atoms with Gasteiger partial charge in [-0.2, -0.15) is 18.3 Å². The first-order valence-electron chi connectivity index (χ1n) is 9.68. The van der Waals surface area contributed by atoms with E-state index in [1.54, 1.807) is 36.4 Å². The maximum absolute atomic E-state index is 13.8. The van der Waals surface area contributed by atoms with Gasteiger partial charge in [-0.25, -0.2) is 4.68 Å². The fraction of sp³-hybridized carbons (Fsp3) is 0.273. The van der Waals surface area contributed by atoms with Crippen molar-refractivity contribution in [3.05, 3.63) is 75.9 Å². The molecule has 2 heterocycles. The average Bonchev–Trinajstić information content (AvgIpc) is 3.10. The highest BCUT2D eigenvalue weighted by atomic mass is 35.5. The van der Waals surface area contributed by atoms with E-state index in [2.05, 4.69) is 15.7 Å². The van der Waals surface area contributed by atoms with Gasteiger partial charge in [-0.05, 0) is 54.8 Å². The molecule has 0 saturated heterocycles. The summed E-state index contributed by atoms with van der Waals surface area (Å²) in [6.45, 7) is 3.79. The summed E-state index contributed by atoms with van der Waals surface area (Å²) in [7, 11) is 0. The van der Waals surface area contributed by atoms with Crippen LogP contribution in [0.3, 0.4) is 0 Å². The summed E-state index contributed by atoms with van der Waals surface area (Å²) >= 11 is 5.90. The lowest BCUT2D eigenvalue weighted by atomic mass is 9.97. The number of halogens is 4. The third-order valence-corrected chi connectivity index (χ3v) is 5.43. The van der Waals surface area contributed by atoms with Gasteiger partial charge in [-0.3, -0.25) is 4.79 Å². The molecule has 0 spiro atoms. The summed E-state index contributed by atoms with van der Waals surface area (Å²) in [5.41, 5.74) is 3.07. The molecule has 3 aromatic rings. The highest BCUT2D eigenvalue weighted by Gasteiger charge is 2.46. The van der Waals surface area contributed by atoms with Gasteiger partial charge >= 0.3 is 6.18 Å². The lowest BCUT2D eigenvalue weighted by molar-refractivity contribution is -0.173. The predicted molar refractivity (Wildman–Crippen MR) is 114 cm³/mol. The lowest BCUT2D eigenvalue weighted by Gasteiger charge is -2.33. The zero-order valence-corrected chi connectivity index (χ0v) is 17.6. The van der Waals surface area contributed by atoms with Crippen LogP contribution in [0.15, 0.2) is 48.5 Å². The van der Waals surface area contributed by atoms with Crippen molar-refractivity contribution in [2.24, 2.45) is 0 Å². The number of carbonyl (C=O) groups excluding carboxylic acids is 1. The van der Waals surface area contributed by atoms with E-state index < -0.39 is 24.2 Å². The lowest BCUT2D eigenvalue weighted by Crippen LogP contribution is -2.35. The van der Waals surface area contributed by atoms with Gasteiger partial charge in [-0.1, -0.05) is 29.8 Å². The van der Waals surface area contributed by atoms with E-state index >= 15 is 0 Å². The molecule has 31 heavy (non-hydrogen) atoms. The molecule has 0 fully saturated rings. The summed E-state index contributed by atoms with van der Waals surface area (Å²) in [5.74, 6) is -0.434. The van der Waals surface area contributed by atoms with E-state index in [4.69, 9.17) is 11.6 Å². The average molecular weight is 449 g/mol. The quantitative estimate of drug-likeness (QED) is 0.511. The monoisotopic (exact) mass is 448 g/mol. The van der Waals surface area contributed by atoms with Crippen LogP contribution in [0, 0.1) is 13.8 Å². The Morgan fingerprint density at radius 3 is 2.39 bits per heavy atom. The summed E-state index contributed by atoms with van der Waals surface area (Å²) < 4.78 is 42.3. The van der Waals surface area contributed by atoms with Crippen LogP contribution in [0.5, 0.6) is 0 Å². The largest absolute Gasteiger partial charge is 0.410 e. The SMILES string of the molecule is Cc1cc(C)cc(NC(=O)c2cc3n(n2)C(C(F)(F)F)CC(c2ccc(Cl)cc2)N3)c1. The van der Waals surface area contributed by atoms with Gasteiger partial charge in [0.25, 0.3) is 5.91 Å². The molecule has 1 aliphatic heterocycles. The Labute approximate surface area is 182 Å². The van der Waals surface area contributed by atoms with Crippen molar-refractivity contribution in [3.8, 4) is 0 Å². The minimum atomic E-state index is -4.52. The van der Waals surface area contributed by atoms with Crippen molar-refractivity contribution in [1.82, 2.24) is 9.78 Å². The number of fused-ring (bicyclic) bond motifs is 1. The highest BCUT2D eigenvalue weighted by Crippen LogP contribution is 2.43. The molecule has 2 N–H and O–H groups in total. The van der Waals surface area contributed by atoms with E-state index in [1.165, 1.54) is 6.07 Å². The molecule has 0 bridgehead atoms. The topological polar surface area (TPSA) is 59.0 Å². The molecule has 0 saturated carbocycles. The first-order chi connectivity index (χ1) is 14.6. The van der Waals surface area contributed by atoms with Gasteiger partial charge < -0.3 is 10.6 Å². The van der Waals surface area contributed by atoms with Crippen molar-refractivity contribution in [2.45, 2.75) is 38.5 Å². The molecule has 0 aliphatic carbocycles. The fourth-order valence-corrected chi connectivity index (χ4v) is 3.97. The van der Waals surface area contributed by atoms with Crippen molar-refractivity contribution in [3.63, 3.8) is 0 Å². The van der Waals surface area contributed by atoms with Gasteiger partial charge in [0.15, 0.2) is 11.7 Å². The molecular weight excluding hydrogens is 429 g/mol. The number of hydrogen-bond acceptors (Lipinski definition) is 3. The molecule has 0 radical (unpaired) electrons. The second-order valence-electron chi connectivity index (χ2n) is 7.73. The zero-order valence-electron chi connectivity index (χ0n) is 16.8. The van der Waals surface area contributed by atoms with Crippen LogP contribution >= 0.6 is 11.6 Å². The van der Waals surface area contributed by atoms with Crippen molar-refractivity contribution >= 4 is 29.0 Å². The van der Waals surface area contributed by atoms with E-state index in [1.807, 2.05) is 19.9 Å². The van der Waals surface area contributed by atoms with Gasteiger partial charge in [-0.15, -0.1) is 0 Å².